The van der Waals surface area contributed by atoms with E-state index < -0.39 is 0 Å². The third-order valence-corrected chi connectivity index (χ3v) is 5.19. The molecule has 0 aliphatic carbocycles. The van der Waals surface area contributed by atoms with Gasteiger partial charge in [-0.1, -0.05) is 18.2 Å². The van der Waals surface area contributed by atoms with Crippen LogP contribution in [0.25, 0.3) is 28.1 Å². The highest BCUT2D eigenvalue weighted by Gasteiger charge is 2.14. The van der Waals surface area contributed by atoms with Crippen LogP contribution in [0, 0.1) is 0 Å². The molecule has 29 heavy (non-hydrogen) atoms. The Bertz CT molecular complexity index is 1060. The molecule has 0 saturated carbocycles. The molecule has 1 saturated heterocycles. The first-order valence-electron chi connectivity index (χ1n) is 10.2. The molecule has 5 rings (SSSR count). The number of furan rings is 1. The molecule has 7 heteroatoms. The number of aromatic nitrogens is 3. The van der Waals surface area contributed by atoms with E-state index in [1.807, 2.05) is 42.5 Å². The van der Waals surface area contributed by atoms with E-state index in [2.05, 4.69) is 15.4 Å². The molecule has 1 atom stereocenters. The van der Waals surface area contributed by atoms with Crippen LogP contribution >= 0.6 is 0 Å². The number of ether oxygens (including phenoxy) is 2. The maximum Gasteiger partial charge on any atom is 0.231 e. The van der Waals surface area contributed by atoms with Crippen molar-refractivity contribution in [1.29, 1.82) is 0 Å². The third kappa shape index (κ3) is 3.97. The summed E-state index contributed by atoms with van der Waals surface area (Å²) in [4.78, 5) is 4.43. The highest BCUT2D eigenvalue weighted by Crippen LogP contribution is 2.28. The molecule has 0 bridgehead atoms. The first-order chi connectivity index (χ1) is 14.4. The molecular formula is C22H24N4O3. The van der Waals surface area contributed by atoms with E-state index >= 15 is 0 Å². The van der Waals surface area contributed by atoms with Crippen molar-refractivity contribution in [2.24, 2.45) is 0 Å². The van der Waals surface area contributed by atoms with Crippen molar-refractivity contribution in [1.82, 2.24) is 19.9 Å². The second-order valence-electron chi connectivity index (χ2n) is 7.27. The molecule has 1 fully saturated rings. The molecule has 0 radical (unpaired) electrons. The zero-order chi connectivity index (χ0) is 19.5. The quantitative estimate of drug-likeness (QED) is 0.484. The minimum absolute atomic E-state index is 0.329. The lowest BCUT2D eigenvalue weighted by molar-refractivity contribution is 0.0216. The monoisotopic (exact) mass is 392 g/mol. The fraction of sp³-hybridized carbons (Fsp3) is 0.364. The number of nitrogens with zero attached hydrogens (tertiary/aromatic N) is 3. The van der Waals surface area contributed by atoms with Crippen molar-refractivity contribution >= 4 is 16.6 Å². The molecule has 4 aromatic rings. The number of rotatable bonds is 7. The Morgan fingerprint density at radius 1 is 1.17 bits per heavy atom. The van der Waals surface area contributed by atoms with Crippen LogP contribution in [-0.4, -0.2) is 47.0 Å². The van der Waals surface area contributed by atoms with Crippen molar-refractivity contribution in [3.05, 3.63) is 48.7 Å². The first-order valence-corrected chi connectivity index (χ1v) is 10.2. The van der Waals surface area contributed by atoms with Crippen LogP contribution < -0.4 is 10.1 Å². The summed E-state index contributed by atoms with van der Waals surface area (Å²) in [5.41, 5.74) is 2.42. The summed E-state index contributed by atoms with van der Waals surface area (Å²) in [5, 5.41) is 9.02. The Balaban J connectivity index is 1.24. The van der Waals surface area contributed by atoms with Gasteiger partial charge in [-0.15, -0.1) is 5.10 Å². The number of unbranched alkanes of at least 4 members (excludes halogenated alkanes) is 1. The zero-order valence-corrected chi connectivity index (χ0v) is 16.2. The van der Waals surface area contributed by atoms with Crippen LogP contribution in [0.5, 0.6) is 5.88 Å². The lowest BCUT2D eigenvalue weighted by Gasteiger charge is -2.23. The van der Waals surface area contributed by atoms with E-state index in [0.717, 1.165) is 67.0 Å². The van der Waals surface area contributed by atoms with Gasteiger partial charge >= 0.3 is 0 Å². The Morgan fingerprint density at radius 2 is 2.14 bits per heavy atom. The number of nitrogens with one attached hydrogen (secondary N) is 1. The predicted molar refractivity (Wildman–Crippen MR) is 110 cm³/mol. The van der Waals surface area contributed by atoms with Crippen molar-refractivity contribution in [3.8, 4) is 17.3 Å². The lowest BCUT2D eigenvalue weighted by Crippen LogP contribution is -2.38. The van der Waals surface area contributed by atoms with Gasteiger partial charge in [0.25, 0.3) is 0 Å². The van der Waals surface area contributed by atoms with E-state index in [4.69, 9.17) is 13.9 Å². The zero-order valence-electron chi connectivity index (χ0n) is 16.2. The van der Waals surface area contributed by atoms with Gasteiger partial charge in [-0.3, -0.25) is 0 Å². The molecule has 0 amide bonds. The number of hydrogen-bond acceptors (Lipinski definition) is 6. The largest absolute Gasteiger partial charge is 0.477 e. The molecule has 1 aromatic carbocycles. The van der Waals surface area contributed by atoms with Crippen LogP contribution in [0.4, 0.5) is 0 Å². The van der Waals surface area contributed by atoms with Gasteiger partial charge in [-0.05, 0) is 37.5 Å². The van der Waals surface area contributed by atoms with Crippen LogP contribution in [0.15, 0.2) is 53.1 Å². The highest BCUT2D eigenvalue weighted by atomic mass is 16.5. The second-order valence-corrected chi connectivity index (χ2v) is 7.27. The van der Waals surface area contributed by atoms with Gasteiger partial charge in [0.15, 0.2) is 11.4 Å². The van der Waals surface area contributed by atoms with Crippen LogP contribution in [-0.2, 0) is 4.74 Å². The van der Waals surface area contributed by atoms with E-state index in [1.165, 1.54) is 0 Å². The SMILES string of the molecule is c1ccc2oc(-c3cnc4ccc(OCCCCC5CNCCO5)nn34)cc2c1. The van der Waals surface area contributed by atoms with Crippen molar-refractivity contribution in [2.75, 3.05) is 26.3 Å². The molecule has 3 aromatic heterocycles. The number of imidazole rings is 1. The van der Waals surface area contributed by atoms with Crippen molar-refractivity contribution in [2.45, 2.75) is 25.4 Å². The average molecular weight is 392 g/mol. The van der Waals surface area contributed by atoms with Gasteiger partial charge in [0.1, 0.15) is 11.3 Å². The molecule has 150 valence electrons. The Kier molecular flexibility index (Phi) is 5.15. The molecule has 1 aliphatic rings. The summed E-state index contributed by atoms with van der Waals surface area (Å²) in [7, 11) is 0. The van der Waals surface area contributed by atoms with Crippen LogP contribution in [0.3, 0.4) is 0 Å². The Hall–Kier alpha value is -2.90. The summed E-state index contributed by atoms with van der Waals surface area (Å²) in [6.07, 6.45) is 5.21. The molecule has 0 spiro atoms. The van der Waals surface area contributed by atoms with Gasteiger partial charge in [0, 0.05) is 24.5 Å². The van der Waals surface area contributed by atoms with Gasteiger partial charge < -0.3 is 19.2 Å². The first kappa shape index (κ1) is 18.1. The molecule has 7 nitrogen and oxygen atoms in total. The molecule has 4 heterocycles. The number of fused-ring (bicyclic) bond motifs is 2. The summed E-state index contributed by atoms with van der Waals surface area (Å²) < 4.78 is 19.3. The smallest absolute Gasteiger partial charge is 0.231 e. The fourth-order valence-electron chi connectivity index (χ4n) is 3.67. The maximum absolute atomic E-state index is 5.97. The molecule has 1 N–H and O–H groups in total. The maximum atomic E-state index is 5.97. The molecule has 1 unspecified atom stereocenters. The summed E-state index contributed by atoms with van der Waals surface area (Å²) in [6.45, 7) is 3.35. The normalized spacial score (nSPS) is 17.2. The summed E-state index contributed by atoms with van der Waals surface area (Å²) in [6, 6.07) is 13.7. The number of benzene rings is 1. The second kappa shape index (κ2) is 8.23. The van der Waals surface area contributed by atoms with Crippen molar-refractivity contribution in [3.63, 3.8) is 0 Å². The lowest BCUT2D eigenvalue weighted by atomic mass is 10.1. The van der Waals surface area contributed by atoms with E-state index in [0.29, 0.717) is 18.6 Å². The minimum atomic E-state index is 0.329. The topological polar surface area (TPSA) is 73.8 Å². The molecule has 1 aliphatic heterocycles. The predicted octanol–water partition coefficient (Wildman–Crippen LogP) is 3.68. The number of hydrogen-bond donors (Lipinski definition) is 1. The van der Waals surface area contributed by atoms with E-state index in [-0.39, 0.29) is 0 Å². The van der Waals surface area contributed by atoms with Gasteiger partial charge in [0.2, 0.25) is 5.88 Å². The Labute approximate surface area is 168 Å². The number of para-hydroxylation sites is 1. The van der Waals surface area contributed by atoms with Gasteiger partial charge in [-0.25, -0.2) is 9.50 Å². The minimum Gasteiger partial charge on any atom is -0.477 e. The van der Waals surface area contributed by atoms with Crippen LogP contribution in [0.1, 0.15) is 19.3 Å². The van der Waals surface area contributed by atoms with Gasteiger partial charge in [-0.2, -0.15) is 0 Å². The summed E-state index contributed by atoms with van der Waals surface area (Å²) in [5.74, 6) is 1.33. The fourth-order valence-corrected chi connectivity index (χ4v) is 3.67. The summed E-state index contributed by atoms with van der Waals surface area (Å²) >= 11 is 0. The van der Waals surface area contributed by atoms with Gasteiger partial charge in [0.05, 0.1) is 25.5 Å². The van der Waals surface area contributed by atoms with E-state index in [1.54, 1.807) is 10.7 Å². The van der Waals surface area contributed by atoms with Crippen LogP contribution in [0.2, 0.25) is 0 Å². The van der Waals surface area contributed by atoms with E-state index in [9.17, 15) is 0 Å². The average Bonchev–Trinajstić information content (AvgIpc) is 3.37. The third-order valence-electron chi connectivity index (χ3n) is 5.19. The number of morpholine rings is 1. The van der Waals surface area contributed by atoms with Crippen molar-refractivity contribution < 1.29 is 13.9 Å². The highest BCUT2D eigenvalue weighted by molar-refractivity contribution is 5.82. The Morgan fingerprint density at radius 3 is 3.03 bits per heavy atom. The standard InChI is InChI=1S/C22H24N4O3/c1-2-7-19-16(5-1)13-20(29-19)18-15-24-21-8-9-22(25-26(18)21)28-11-4-3-6-17-14-23-10-12-27-17/h1-2,5,7-9,13,15,17,23H,3-4,6,10-12,14H2. The molecular weight excluding hydrogens is 368 g/mol.